The van der Waals surface area contributed by atoms with Crippen molar-refractivity contribution in [1.29, 1.82) is 0 Å². The molecule has 2 aromatic carbocycles. The lowest BCUT2D eigenvalue weighted by Crippen LogP contribution is -2.27. The van der Waals surface area contributed by atoms with Gasteiger partial charge >= 0.3 is 12.1 Å². The Kier molecular flexibility index (Phi) is 6.18. The Morgan fingerprint density at radius 2 is 1.80 bits per heavy atom. The number of imidazole rings is 1. The Morgan fingerprint density at radius 3 is 2.52 bits per heavy atom. The number of aromatic carboxylic acids is 1. The number of pyridine rings is 2. The van der Waals surface area contributed by atoms with E-state index in [4.69, 9.17) is 21.3 Å². The summed E-state index contributed by atoms with van der Waals surface area (Å²) in [5.74, 6) is 0.239. The van der Waals surface area contributed by atoms with Crippen LogP contribution in [-0.2, 0) is 4.74 Å². The van der Waals surface area contributed by atoms with Crippen LogP contribution in [0, 0.1) is 0 Å². The smallest absolute Gasteiger partial charge is 0.413 e. The molecular formula is C30H26ClN5O4. The lowest BCUT2D eigenvalue weighted by atomic mass is 10.0. The number of hydrogen-bond acceptors (Lipinski definition) is 6. The number of anilines is 1. The van der Waals surface area contributed by atoms with Crippen molar-refractivity contribution in [2.75, 3.05) is 5.32 Å². The Balaban J connectivity index is 1.54. The number of carboxylic acids is 1. The molecule has 1 saturated carbocycles. The van der Waals surface area contributed by atoms with Gasteiger partial charge in [0, 0.05) is 23.7 Å². The SMILES string of the molecule is CC(C)(C)OC(=O)Nc1cc(-c2cc(C(=O)O)c3nc(C4CC4)n(-c4ccnc5c(Cl)cccc45)c3c2)ccn1. The minimum absolute atomic E-state index is 0.0861. The topological polar surface area (TPSA) is 119 Å². The van der Waals surface area contributed by atoms with Gasteiger partial charge in [0.2, 0.25) is 0 Å². The van der Waals surface area contributed by atoms with Gasteiger partial charge in [0.1, 0.15) is 22.8 Å². The predicted molar refractivity (Wildman–Crippen MR) is 153 cm³/mol. The zero-order chi connectivity index (χ0) is 28.2. The summed E-state index contributed by atoms with van der Waals surface area (Å²) in [6.45, 7) is 5.33. The fourth-order valence-corrected chi connectivity index (χ4v) is 5.02. The third-order valence-electron chi connectivity index (χ3n) is 6.62. The molecule has 3 aromatic heterocycles. The highest BCUT2D eigenvalue weighted by Gasteiger charge is 2.32. The van der Waals surface area contributed by atoms with Crippen LogP contribution in [0.5, 0.6) is 0 Å². The molecule has 6 rings (SSSR count). The second-order valence-corrected chi connectivity index (χ2v) is 11.2. The van der Waals surface area contributed by atoms with Gasteiger partial charge in [0.15, 0.2) is 0 Å². The summed E-state index contributed by atoms with van der Waals surface area (Å²) in [5, 5.41) is 14.2. The molecule has 5 aromatic rings. The van der Waals surface area contributed by atoms with Crippen LogP contribution in [0.3, 0.4) is 0 Å². The summed E-state index contributed by atoms with van der Waals surface area (Å²) < 4.78 is 7.37. The summed E-state index contributed by atoms with van der Waals surface area (Å²) in [4.78, 5) is 38.4. The van der Waals surface area contributed by atoms with Crippen molar-refractivity contribution in [3.63, 3.8) is 0 Å². The summed E-state index contributed by atoms with van der Waals surface area (Å²) in [7, 11) is 0. The van der Waals surface area contributed by atoms with Crippen LogP contribution in [0.1, 0.15) is 55.7 Å². The van der Waals surface area contributed by atoms with Crippen LogP contribution >= 0.6 is 11.6 Å². The highest BCUT2D eigenvalue weighted by atomic mass is 35.5. The number of para-hydroxylation sites is 1. The quantitative estimate of drug-likeness (QED) is 0.235. The van der Waals surface area contributed by atoms with Gasteiger partial charge in [-0.05, 0) is 81.1 Å². The number of amides is 1. The normalized spacial score (nSPS) is 13.5. The largest absolute Gasteiger partial charge is 0.478 e. The minimum Gasteiger partial charge on any atom is -0.478 e. The van der Waals surface area contributed by atoms with Crippen molar-refractivity contribution in [3.05, 3.63) is 77.3 Å². The Hall–Kier alpha value is -4.50. The van der Waals surface area contributed by atoms with Crippen LogP contribution in [0.25, 0.3) is 38.8 Å². The second kappa shape index (κ2) is 9.60. The number of hydrogen-bond donors (Lipinski definition) is 2. The number of carbonyl (C=O) groups excluding carboxylic acids is 1. The van der Waals surface area contributed by atoms with Crippen LogP contribution < -0.4 is 5.32 Å². The summed E-state index contributed by atoms with van der Waals surface area (Å²) >= 11 is 6.47. The van der Waals surface area contributed by atoms with Gasteiger partial charge < -0.3 is 9.84 Å². The van der Waals surface area contributed by atoms with Crippen LogP contribution in [-0.4, -0.2) is 42.3 Å². The molecule has 0 spiro atoms. The summed E-state index contributed by atoms with van der Waals surface area (Å²) in [6, 6.07) is 14.5. The minimum atomic E-state index is -1.08. The van der Waals surface area contributed by atoms with E-state index in [2.05, 4.69) is 15.3 Å². The molecule has 0 unspecified atom stereocenters. The average Bonchev–Trinajstić information content (AvgIpc) is 3.67. The van der Waals surface area contributed by atoms with Gasteiger partial charge in [-0.15, -0.1) is 0 Å². The van der Waals surface area contributed by atoms with Crippen molar-refractivity contribution in [3.8, 4) is 16.8 Å². The molecular weight excluding hydrogens is 530 g/mol. The molecule has 0 saturated heterocycles. The Morgan fingerprint density at radius 1 is 1.02 bits per heavy atom. The molecule has 0 aliphatic heterocycles. The van der Waals surface area contributed by atoms with E-state index in [9.17, 15) is 14.7 Å². The molecule has 2 N–H and O–H groups in total. The van der Waals surface area contributed by atoms with Gasteiger partial charge in [-0.2, -0.15) is 0 Å². The second-order valence-electron chi connectivity index (χ2n) is 10.8. The van der Waals surface area contributed by atoms with Crippen molar-refractivity contribution in [2.24, 2.45) is 0 Å². The molecule has 0 atom stereocenters. The first-order chi connectivity index (χ1) is 19.1. The molecule has 1 fully saturated rings. The van der Waals surface area contributed by atoms with Crippen molar-refractivity contribution in [2.45, 2.75) is 45.1 Å². The van der Waals surface area contributed by atoms with Gasteiger partial charge in [-0.1, -0.05) is 23.7 Å². The number of fused-ring (bicyclic) bond motifs is 2. The zero-order valence-corrected chi connectivity index (χ0v) is 22.9. The molecule has 40 heavy (non-hydrogen) atoms. The number of rotatable bonds is 5. The van der Waals surface area contributed by atoms with Crippen LogP contribution in [0.4, 0.5) is 10.6 Å². The Bertz CT molecular complexity index is 1820. The number of benzene rings is 2. The molecule has 1 amide bonds. The number of carbonyl (C=O) groups is 2. The van der Waals surface area contributed by atoms with Crippen LogP contribution in [0.2, 0.25) is 5.02 Å². The first-order valence-corrected chi connectivity index (χ1v) is 13.3. The van der Waals surface area contributed by atoms with Crippen molar-refractivity contribution >= 4 is 51.4 Å². The number of halogens is 1. The first-order valence-electron chi connectivity index (χ1n) is 12.9. The maximum atomic E-state index is 12.5. The van der Waals surface area contributed by atoms with E-state index in [1.54, 1.807) is 57.4 Å². The van der Waals surface area contributed by atoms with E-state index in [0.717, 1.165) is 29.7 Å². The summed E-state index contributed by atoms with van der Waals surface area (Å²) in [6.07, 6.45) is 4.58. The third-order valence-corrected chi connectivity index (χ3v) is 6.93. The molecule has 1 aliphatic rings. The van der Waals surface area contributed by atoms with E-state index in [1.807, 2.05) is 28.8 Å². The molecule has 9 nitrogen and oxygen atoms in total. The van der Waals surface area contributed by atoms with E-state index in [-0.39, 0.29) is 17.3 Å². The van der Waals surface area contributed by atoms with E-state index < -0.39 is 17.7 Å². The van der Waals surface area contributed by atoms with Crippen molar-refractivity contribution < 1.29 is 19.4 Å². The number of ether oxygens (including phenoxy) is 1. The van der Waals surface area contributed by atoms with Crippen LogP contribution in [0.15, 0.2) is 60.9 Å². The highest BCUT2D eigenvalue weighted by molar-refractivity contribution is 6.35. The van der Waals surface area contributed by atoms with Gasteiger partial charge in [0.25, 0.3) is 0 Å². The lowest BCUT2D eigenvalue weighted by molar-refractivity contribution is 0.0633. The highest BCUT2D eigenvalue weighted by Crippen LogP contribution is 2.44. The molecule has 202 valence electrons. The molecule has 1 aliphatic carbocycles. The van der Waals surface area contributed by atoms with E-state index >= 15 is 0 Å². The zero-order valence-electron chi connectivity index (χ0n) is 22.1. The molecule has 0 radical (unpaired) electrons. The maximum Gasteiger partial charge on any atom is 0.413 e. The number of aromatic nitrogens is 4. The third kappa shape index (κ3) is 4.84. The molecule has 0 bridgehead atoms. The number of nitrogens with zero attached hydrogens (tertiary/aromatic N) is 4. The fraction of sp³-hybridized carbons (Fsp3) is 0.233. The van der Waals surface area contributed by atoms with Gasteiger partial charge in [-0.25, -0.2) is 19.6 Å². The predicted octanol–water partition coefficient (Wildman–Crippen LogP) is 7.21. The fourth-order valence-electron chi connectivity index (χ4n) is 4.80. The number of carboxylic acid groups (broad SMARTS) is 1. The van der Waals surface area contributed by atoms with Gasteiger partial charge in [-0.3, -0.25) is 14.9 Å². The average molecular weight is 556 g/mol. The lowest BCUT2D eigenvalue weighted by Gasteiger charge is -2.19. The molecule has 10 heteroatoms. The first kappa shape index (κ1) is 25.8. The maximum absolute atomic E-state index is 12.5. The number of nitrogens with one attached hydrogen (secondary N) is 1. The standard InChI is InChI=1S/C30H26ClN5O4/c1-30(2,3)40-29(39)34-24-15-17(9-11-32-24)18-13-20(28(37)38)26-23(14-18)36(27(35-26)16-7-8-16)22-10-12-33-25-19(22)5-4-6-21(25)31/h4-6,9-16H,7-8H2,1-3H3,(H,37,38)(H,32,34,39). The monoisotopic (exact) mass is 555 g/mol. The van der Waals surface area contributed by atoms with Crippen molar-refractivity contribution in [1.82, 2.24) is 19.5 Å². The van der Waals surface area contributed by atoms with E-state index in [0.29, 0.717) is 32.7 Å². The summed E-state index contributed by atoms with van der Waals surface area (Å²) in [5.41, 5.74) is 3.28. The molecule has 3 heterocycles. The van der Waals surface area contributed by atoms with E-state index in [1.165, 1.54) is 0 Å². The van der Waals surface area contributed by atoms with Gasteiger partial charge in [0.05, 0.1) is 27.3 Å². The Labute approximate surface area is 234 Å².